The van der Waals surface area contributed by atoms with E-state index in [1.165, 1.54) is 6.07 Å². The van der Waals surface area contributed by atoms with E-state index in [4.69, 9.17) is 10.00 Å². The van der Waals surface area contributed by atoms with Crippen molar-refractivity contribution in [3.05, 3.63) is 35.1 Å². The topological polar surface area (TPSA) is 48.3 Å². The van der Waals surface area contributed by atoms with Crippen molar-refractivity contribution in [1.82, 2.24) is 10.2 Å². The van der Waals surface area contributed by atoms with Gasteiger partial charge in [0.05, 0.1) is 18.8 Å². The molecule has 1 aromatic rings. The van der Waals surface area contributed by atoms with Gasteiger partial charge in [-0.05, 0) is 37.2 Å². The van der Waals surface area contributed by atoms with Gasteiger partial charge in [0.1, 0.15) is 11.9 Å². The molecule has 0 unspecified atom stereocenters. The van der Waals surface area contributed by atoms with Gasteiger partial charge in [0.15, 0.2) is 0 Å². The molecular formula is C15H20FN3O. The number of benzene rings is 1. The predicted molar refractivity (Wildman–Crippen MR) is 74.7 cm³/mol. The predicted octanol–water partition coefficient (Wildman–Crippen LogP) is 1.51. The van der Waals surface area contributed by atoms with E-state index < -0.39 is 5.82 Å². The van der Waals surface area contributed by atoms with Gasteiger partial charge in [-0.2, -0.15) is 5.26 Å². The third-order valence-corrected chi connectivity index (χ3v) is 3.41. The summed E-state index contributed by atoms with van der Waals surface area (Å²) in [6, 6.07) is 6.52. The normalized spacial score (nSPS) is 16.0. The molecule has 0 spiro atoms. The molecule has 1 N–H and O–H groups in total. The third kappa shape index (κ3) is 4.57. The molecule has 1 aliphatic rings. The number of rotatable bonds is 6. The van der Waals surface area contributed by atoms with Crippen molar-refractivity contribution >= 4 is 0 Å². The summed E-state index contributed by atoms with van der Waals surface area (Å²) in [5, 5.41) is 12.1. The monoisotopic (exact) mass is 277 g/mol. The highest BCUT2D eigenvalue weighted by atomic mass is 19.1. The molecule has 1 fully saturated rings. The largest absolute Gasteiger partial charge is 0.379 e. The Labute approximate surface area is 119 Å². The van der Waals surface area contributed by atoms with E-state index in [2.05, 4.69) is 10.2 Å². The minimum atomic E-state index is -0.455. The zero-order valence-corrected chi connectivity index (χ0v) is 11.6. The SMILES string of the molecule is N#Cc1cc(CNCCCN2CCOCC2)ccc1F. The highest BCUT2D eigenvalue weighted by molar-refractivity contribution is 5.34. The highest BCUT2D eigenvalue weighted by Crippen LogP contribution is 2.09. The average molecular weight is 277 g/mol. The maximum Gasteiger partial charge on any atom is 0.140 e. The van der Waals surface area contributed by atoms with Crippen LogP contribution in [-0.2, 0) is 11.3 Å². The number of halogens is 1. The summed E-state index contributed by atoms with van der Waals surface area (Å²) in [4.78, 5) is 2.40. The maximum absolute atomic E-state index is 13.2. The number of morpholine rings is 1. The lowest BCUT2D eigenvalue weighted by atomic mass is 10.1. The second kappa shape index (κ2) is 7.95. The standard InChI is InChI=1S/C15H20FN3O/c16-15-3-2-13(10-14(15)11-17)12-18-4-1-5-19-6-8-20-9-7-19/h2-3,10,18H,1,4-9,12H2. The maximum atomic E-state index is 13.2. The minimum Gasteiger partial charge on any atom is -0.379 e. The van der Waals surface area contributed by atoms with Crippen LogP contribution < -0.4 is 5.32 Å². The highest BCUT2D eigenvalue weighted by Gasteiger charge is 2.09. The van der Waals surface area contributed by atoms with Gasteiger partial charge in [0, 0.05) is 19.6 Å². The molecule has 5 heteroatoms. The molecule has 0 atom stereocenters. The summed E-state index contributed by atoms with van der Waals surface area (Å²) >= 11 is 0. The van der Waals surface area contributed by atoms with Crippen molar-refractivity contribution in [3.63, 3.8) is 0 Å². The Morgan fingerprint density at radius 3 is 2.90 bits per heavy atom. The third-order valence-electron chi connectivity index (χ3n) is 3.41. The number of hydrogen-bond donors (Lipinski definition) is 1. The van der Waals surface area contributed by atoms with Crippen molar-refractivity contribution in [2.24, 2.45) is 0 Å². The Morgan fingerprint density at radius 2 is 2.15 bits per heavy atom. The number of nitrogens with one attached hydrogen (secondary N) is 1. The fraction of sp³-hybridized carbons (Fsp3) is 0.533. The quantitative estimate of drug-likeness (QED) is 0.801. The Balaban J connectivity index is 1.64. The van der Waals surface area contributed by atoms with Crippen LogP contribution in [0.1, 0.15) is 17.5 Å². The van der Waals surface area contributed by atoms with Crippen molar-refractivity contribution < 1.29 is 9.13 Å². The molecule has 4 nitrogen and oxygen atoms in total. The van der Waals surface area contributed by atoms with Gasteiger partial charge in [0.25, 0.3) is 0 Å². The number of ether oxygens (including phenoxy) is 1. The van der Waals surface area contributed by atoms with Gasteiger partial charge in [0.2, 0.25) is 0 Å². The van der Waals surface area contributed by atoms with Gasteiger partial charge in [-0.15, -0.1) is 0 Å². The first-order valence-electron chi connectivity index (χ1n) is 6.99. The Hall–Kier alpha value is -1.48. The van der Waals surface area contributed by atoms with E-state index >= 15 is 0 Å². The molecule has 1 saturated heterocycles. The fourth-order valence-electron chi connectivity index (χ4n) is 2.25. The average Bonchev–Trinajstić information content (AvgIpc) is 2.49. The van der Waals surface area contributed by atoms with Crippen LogP contribution in [0.2, 0.25) is 0 Å². The number of hydrogen-bond acceptors (Lipinski definition) is 4. The smallest absolute Gasteiger partial charge is 0.140 e. The van der Waals surface area contributed by atoms with E-state index in [0.29, 0.717) is 6.54 Å². The number of nitriles is 1. The van der Waals surface area contributed by atoms with Crippen LogP contribution in [0.25, 0.3) is 0 Å². The first kappa shape index (κ1) is 14.9. The van der Waals surface area contributed by atoms with E-state index in [0.717, 1.165) is 51.4 Å². The first-order valence-corrected chi connectivity index (χ1v) is 6.99. The summed E-state index contributed by atoms with van der Waals surface area (Å²) < 4.78 is 18.5. The van der Waals surface area contributed by atoms with Gasteiger partial charge < -0.3 is 10.1 Å². The van der Waals surface area contributed by atoms with E-state index in [1.54, 1.807) is 12.1 Å². The van der Waals surface area contributed by atoms with Crippen LogP contribution in [0.15, 0.2) is 18.2 Å². The molecule has 0 aromatic heterocycles. The molecule has 0 amide bonds. The van der Waals surface area contributed by atoms with Crippen LogP contribution in [0.4, 0.5) is 4.39 Å². The van der Waals surface area contributed by atoms with E-state index in [9.17, 15) is 4.39 Å². The van der Waals surface area contributed by atoms with Crippen molar-refractivity contribution in [2.75, 3.05) is 39.4 Å². The second-order valence-electron chi connectivity index (χ2n) is 4.91. The Morgan fingerprint density at radius 1 is 1.35 bits per heavy atom. The van der Waals surface area contributed by atoms with Gasteiger partial charge in [-0.1, -0.05) is 6.07 Å². The molecule has 108 valence electrons. The van der Waals surface area contributed by atoms with Crippen LogP contribution in [0, 0.1) is 17.1 Å². The number of nitrogens with zero attached hydrogens (tertiary/aromatic N) is 2. The van der Waals surface area contributed by atoms with Crippen LogP contribution in [-0.4, -0.2) is 44.3 Å². The lowest BCUT2D eigenvalue weighted by Gasteiger charge is -2.26. The van der Waals surface area contributed by atoms with E-state index in [-0.39, 0.29) is 5.56 Å². The van der Waals surface area contributed by atoms with Crippen molar-refractivity contribution in [3.8, 4) is 6.07 Å². The lowest BCUT2D eigenvalue weighted by molar-refractivity contribution is 0.0374. The molecule has 1 aromatic carbocycles. The molecule has 20 heavy (non-hydrogen) atoms. The summed E-state index contributed by atoms with van der Waals surface area (Å²) in [6.07, 6.45) is 1.08. The van der Waals surface area contributed by atoms with Gasteiger partial charge in [-0.3, -0.25) is 4.90 Å². The molecule has 0 radical (unpaired) electrons. The Kier molecular flexibility index (Phi) is 5.93. The zero-order valence-electron chi connectivity index (χ0n) is 11.6. The lowest BCUT2D eigenvalue weighted by Crippen LogP contribution is -2.37. The van der Waals surface area contributed by atoms with Crippen molar-refractivity contribution in [1.29, 1.82) is 5.26 Å². The molecule has 1 heterocycles. The summed E-state index contributed by atoms with van der Waals surface area (Å²) in [7, 11) is 0. The van der Waals surface area contributed by atoms with Crippen molar-refractivity contribution in [2.45, 2.75) is 13.0 Å². The molecule has 2 rings (SSSR count). The zero-order chi connectivity index (χ0) is 14.2. The fourth-order valence-corrected chi connectivity index (χ4v) is 2.25. The second-order valence-corrected chi connectivity index (χ2v) is 4.91. The van der Waals surface area contributed by atoms with Crippen LogP contribution >= 0.6 is 0 Å². The molecule has 0 saturated carbocycles. The molecule has 0 bridgehead atoms. The first-order chi connectivity index (χ1) is 9.79. The molecule has 1 aliphatic heterocycles. The van der Waals surface area contributed by atoms with Gasteiger partial charge in [-0.25, -0.2) is 4.39 Å². The summed E-state index contributed by atoms with van der Waals surface area (Å²) in [5.41, 5.74) is 1.05. The van der Waals surface area contributed by atoms with Crippen LogP contribution in [0.5, 0.6) is 0 Å². The molecule has 0 aliphatic carbocycles. The van der Waals surface area contributed by atoms with Crippen LogP contribution in [0.3, 0.4) is 0 Å². The Bertz CT molecular complexity index is 467. The molecular weight excluding hydrogens is 257 g/mol. The summed E-state index contributed by atoms with van der Waals surface area (Å²) in [5.74, 6) is -0.455. The van der Waals surface area contributed by atoms with Gasteiger partial charge >= 0.3 is 0 Å². The minimum absolute atomic E-state index is 0.109. The summed E-state index contributed by atoms with van der Waals surface area (Å²) in [6.45, 7) is 6.35. The van der Waals surface area contributed by atoms with E-state index in [1.807, 2.05) is 6.07 Å².